The van der Waals surface area contributed by atoms with Gasteiger partial charge in [0.1, 0.15) is 0 Å². The molecule has 0 saturated heterocycles. The molecular formula is C20H20OSi. The van der Waals surface area contributed by atoms with E-state index in [4.69, 9.17) is 0 Å². The Balaban J connectivity index is 2.17. The number of hydrogen-bond donors (Lipinski definition) is 1. The molecule has 4 rings (SSSR count). The minimum absolute atomic E-state index is 0.279. The largest absolute Gasteiger partial charge is 0.397 e. The zero-order valence-corrected chi connectivity index (χ0v) is 14.1. The summed E-state index contributed by atoms with van der Waals surface area (Å²) in [6.45, 7) is 4.99. The van der Waals surface area contributed by atoms with Gasteiger partial charge in [-0.1, -0.05) is 72.9 Å². The quantitative estimate of drug-likeness (QED) is 0.437. The third kappa shape index (κ3) is 1.88. The van der Waals surface area contributed by atoms with Gasteiger partial charge in [-0.3, -0.25) is 0 Å². The Bertz CT molecular complexity index is 956. The Morgan fingerprint density at radius 2 is 1.36 bits per heavy atom. The second-order valence-corrected chi connectivity index (χ2v) is 11.6. The molecule has 0 atom stereocenters. The Morgan fingerprint density at radius 3 is 2.05 bits per heavy atom. The summed E-state index contributed by atoms with van der Waals surface area (Å²) < 4.78 is 0. The van der Waals surface area contributed by atoms with Gasteiger partial charge >= 0.3 is 0 Å². The first kappa shape index (κ1) is 13.7. The molecule has 0 bridgehead atoms. The van der Waals surface area contributed by atoms with Crippen molar-refractivity contribution in [2.24, 2.45) is 0 Å². The number of hydrogen-bond acceptors (Lipinski definition) is 1. The Morgan fingerprint density at radius 1 is 0.773 bits per heavy atom. The minimum Gasteiger partial charge on any atom is -0.397 e. The lowest BCUT2D eigenvalue weighted by molar-refractivity contribution is 0.317. The van der Waals surface area contributed by atoms with E-state index in [9.17, 15) is 5.11 Å². The lowest BCUT2D eigenvalue weighted by atomic mass is 9.94. The first-order valence-electron chi connectivity index (χ1n) is 7.90. The predicted octanol–water partition coefficient (Wildman–Crippen LogP) is 4.49. The van der Waals surface area contributed by atoms with E-state index >= 15 is 0 Å². The topological polar surface area (TPSA) is 20.2 Å². The molecule has 0 fully saturated rings. The first-order chi connectivity index (χ1) is 10.6. The van der Waals surface area contributed by atoms with Crippen molar-refractivity contribution in [1.82, 2.24) is 0 Å². The molecule has 1 N–H and O–H groups in total. The maximum atomic E-state index is 9.44. The number of aliphatic hydroxyl groups excluding tert-OH is 1. The molecule has 0 spiro atoms. The van der Waals surface area contributed by atoms with Crippen LogP contribution in [-0.4, -0.2) is 19.8 Å². The fourth-order valence-electron chi connectivity index (χ4n) is 3.74. The third-order valence-corrected chi connectivity index (χ3v) is 8.36. The molecule has 0 unspecified atom stereocenters. The minimum atomic E-state index is -1.62. The van der Waals surface area contributed by atoms with Gasteiger partial charge in [0.25, 0.3) is 0 Å². The van der Waals surface area contributed by atoms with Crippen LogP contribution in [-0.2, 0) is 0 Å². The van der Waals surface area contributed by atoms with Gasteiger partial charge in [0, 0.05) is 6.61 Å². The molecule has 0 radical (unpaired) electrons. The second-order valence-electron chi connectivity index (χ2n) is 6.83. The van der Waals surface area contributed by atoms with E-state index < -0.39 is 8.07 Å². The van der Waals surface area contributed by atoms with Crippen molar-refractivity contribution in [3.05, 3.63) is 54.6 Å². The van der Waals surface area contributed by atoms with Crippen LogP contribution in [0.15, 0.2) is 54.6 Å². The van der Waals surface area contributed by atoms with Crippen LogP contribution >= 0.6 is 0 Å². The highest BCUT2D eigenvalue weighted by Crippen LogP contribution is 2.34. The Hall–Kier alpha value is -1.90. The molecule has 0 saturated carbocycles. The third-order valence-electron chi connectivity index (χ3n) is 4.99. The molecule has 1 nitrogen and oxygen atoms in total. The van der Waals surface area contributed by atoms with Crippen molar-refractivity contribution in [2.75, 3.05) is 6.61 Å². The fourth-order valence-corrected chi connectivity index (χ4v) is 6.04. The van der Waals surface area contributed by atoms with Crippen LogP contribution in [0.2, 0.25) is 19.1 Å². The van der Waals surface area contributed by atoms with Gasteiger partial charge < -0.3 is 5.11 Å². The lowest BCUT2D eigenvalue weighted by Gasteiger charge is -2.25. The van der Waals surface area contributed by atoms with E-state index in [1.54, 1.807) is 0 Å². The maximum absolute atomic E-state index is 9.44. The van der Waals surface area contributed by atoms with Crippen LogP contribution < -0.4 is 5.19 Å². The van der Waals surface area contributed by atoms with Crippen molar-refractivity contribution in [2.45, 2.75) is 19.1 Å². The highest BCUT2D eigenvalue weighted by Gasteiger charge is 2.25. The maximum Gasteiger partial charge on any atom is 0.0836 e. The summed E-state index contributed by atoms with van der Waals surface area (Å²) in [6.07, 6.45) is 0. The number of benzene rings is 4. The smallest absolute Gasteiger partial charge is 0.0836 e. The van der Waals surface area contributed by atoms with Crippen molar-refractivity contribution in [3.63, 3.8) is 0 Å². The molecule has 0 heterocycles. The SMILES string of the molecule is C[Si](C)(CCO)c1ccc2ccc3cccc4ccc1c2c34. The van der Waals surface area contributed by atoms with Crippen molar-refractivity contribution < 1.29 is 5.11 Å². The highest BCUT2D eigenvalue weighted by atomic mass is 28.3. The highest BCUT2D eigenvalue weighted by molar-refractivity contribution is 6.91. The van der Waals surface area contributed by atoms with E-state index in [1.165, 1.54) is 37.5 Å². The molecule has 0 aromatic heterocycles. The van der Waals surface area contributed by atoms with Crippen LogP contribution in [0.5, 0.6) is 0 Å². The summed E-state index contributed by atoms with van der Waals surface area (Å²) in [5.74, 6) is 0. The zero-order chi connectivity index (χ0) is 15.3. The van der Waals surface area contributed by atoms with E-state index in [1.807, 2.05) is 0 Å². The average molecular weight is 304 g/mol. The van der Waals surface area contributed by atoms with Crippen LogP contribution in [0.1, 0.15) is 0 Å². The summed E-state index contributed by atoms with van der Waals surface area (Å²) >= 11 is 0. The molecule has 4 aromatic rings. The van der Waals surface area contributed by atoms with Crippen molar-refractivity contribution >= 4 is 45.6 Å². The van der Waals surface area contributed by atoms with E-state index in [0.29, 0.717) is 0 Å². The average Bonchev–Trinajstić information content (AvgIpc) is 2.52. The molecule has 110 valence electrons. The second kappa shape index (κ2) is 4.80. The first-order valence-corrected chi connectivity index (χ1v) is 11.1. The molecule has 22 heavy (non-hydrogen) atoms. The summed E-state index contributed by atoms with van der Waals surface area (Å²) in [4.78, 5) is 0. The monoisotopic (exact) mass is 304 g/mol. The molecular weight excluding hydrogens is 284 g/mol. The Labute approximate surface area is 131 Å². The lowest BCUT2D eigenvalue weighted by Crippen LogP contribution is -2.42. The zero-order valence-electron chi connectivity index (χ0n) is 13.1. The molecule has 0 aliphatic heterocycles. The summed E-state index contributed by atoms with van der Waals surface area (Å²) in [7, 11) is -1.62. The van der Waals surface area contributed by atoms with Gasteiger partial charge in [-0.25, -0.2) is 0 Å². The summed E-state index contributed by atoms with van der Waals surface area (Å²) in [5.41, 5.74) is 0. The molecule has 0 aliphatic carbocycles. The normalized spacial score (nSPS) is 12.7. The van der Waals surface area contributed by atoms with E-state index in [0.717, 1.165) is 6.04 Å². The molecule has 0 amide bonds. The summed E-state index contributed by atoms with van der Waals surface area (Å²) in [6, 6.07) is 21.0. The van der Waals surface area contributed by atoms with Gasteiger partial charge in [0.05, 0.1) is 8.07 Å². The standard InChI is InChI=1S/C20H20OSi/c1-22(2,13-12-21)18-11-9-16-7-6-14-4-3-5-15-8-10-17(18)20(16)19(14)15/h3-11,21H,12-13H2,1-2H3. The van der Waals surface area contributed by atoms with Crippen LogP contribution in [0.4, 0.5) is 0 Å². The number of rotatable bonds is 3. The molecule has 0 aliphatic rings. The predicted molar refractivity (Wildman–Crippen MR) is 99.2 cm³/mol. The number of aliphatic hydroxyl groups is 1. The van der Waals surface area contributed by atoms with Crippen molar-refractivity contribution in [3.8, 4) is 0 Å². The van der Waals surface area contributed by atoms with Gasteiger partial charge in [-0.2, -0.15) is 0 Å². The van der Waals surface area contributed by atoms with Gasteiger partial charge in [-0.05, 0) is 38.4 Å². The molecule has 4 aromatic carbocycles. The Kier molecular flexibility index (Phi) is 3.00. The summed E-state index contributed by atoms with van der Waals surface area (Å²) in [5, 5.41) is 19.0. The van der Waals surface area contributed by atoms with Gasteiger partial charge in [-0.15, -0.1) is 0 Å². The van der Waals surface area contributed by atoms with Crippen LogP contribution in [0.3, 0.4) is 0 Å². The van der Waals surface area contributed by atoms with E-state index in [-0.39, 0.29) is 6.61 Å². The fraction of sp³-hybridized carbons (Fsp3) is 0.200. The van der Waals surface area contributed by atoms with Crippen LogP contribution in [0, 0.1) is 0 Å². The van der Waals surface area contributed by atoms with Crippen molar-refractivity contribution in [1.29, 1.82) is 0 Å². The van der Waals surface area contributed by atoms with Gasteiger partial charge in [0.15, 0.2) is 0 Å². The van der Waals surface area contributed by atoms with E-state index in [2.05, 4.69) is 67.7 Å². The molecule has 2 heteroatoms. The van der Waals surface area contributed by atoms with Crippen LogP contribution in [0.25, 0.3) is 32.3 Å². The van der Waals surface area contributed by atoms with Gasteiger partial charge in [0.2, 0.25) is 0 Å².